The molecule has 1 fully saturated rings. The van der Waals surface area contributed by atoms with Gasteiger partial charge in [-0.2, -0.15) is 0 Å². The van der Waals surface area contributed by atoms with Crippen molar-refractivity contribution in [1.29, 1.82) is 0 Å². The third-order valence-corrected chi connectivity index (χ3v) is 5.25. The average Bonchev–Trinajstić information content (AvgIpc) is 2.81. The van der Waals surface area contributed by atoms with Crippen molar-refractivity contribution in [3.8, 4) is 5.75 Å². The summed E-state index contributed by atoms with van der Waals surface area (Å²) in [6, 6.07) is 14.3. The summed E-state index contributed by atoms with van der Waals surface area (Å²) in [5, 5.41) is 13.3. The largest absolute Gasteiger partial charge is 0.487 e. The highest BCUT2D eigenvalue weighted by Gasteiger charge is 2.37. The molecule has 4 rings (SSSR count). The first-order valence-electron chi connectivity index (χ1n) is 10.1. The first-order valence-corrected chi connectivity index (χ1v) is 10.4. The van der Waals surface area contributed by atoms with Gasteiger partial charge in [0.1, 0.15) is 23.7 Å². The SMILES string of the molecule is O=C1NC(=O)N(c2cccc([N+](=O)[O-])c2)C(=O)C1=Cc1ccc(OCc2cccc(F)c2)c(Cl)c1. The van der Waals surface area contributed by atoms with Crippen LogP contribution in [0.5, 0.6) is 5.75 Å². The third-order valence-electron chi connectivity index (χ3n) is 4.95. The van der Waals surface area contributed by atoms with Gasteiger partial charge in [-0.25, -0.2) is 14.1 Å². The number of rotatable bonds is 6. The fraction of sp³-hybridized carbons (Fsp3) is 0.0417. The van der Waals surface area contributed by atoms with Gasteiger partial charge in [-0.15, -0.1) is 0 Å². The van der Waals surface area contributed by atoms with E-state index in [0.717, 1.165) is 6.07 Å². The van der Waals surface area contributed by atoms with Gasteiger partial charge in [-0.05, 0) is 47.5 Å². The molecule has 0 aliphatic carbocycles. The van der Waals surface area contributed by atoms with Gasteiger partial charge >= 0.3 is 6.03 Å². The highest BCUT2D eigenvalue weighted by atomic mass is 35.5. The zero-order valence-corrected chi connectivity index (χ0v) is 18.5. The van der Waals surface area contributed by atoms with Gasteiger partial charge in [0.05, 0.1) is 15.6 Å². The van der Waals surface area contributed by atoms with Gasteiger partial charge in [0, 0.05) is 12.1 Å². The van der Waals surface area contributed by atoms with Crippen LogP contribution in [0.4, 0.5) is 20.6 Å². The minimum absolute atomic E-state index is 0.0685. The van der Waals surface area contributed by atoms with Crippen LogP contribution in [0.1, 0.15) is 11.1 Å². The number of imide groups is 2. The maximum atomic E-state index is 13.3. The first-order chi connectivity index (χ1) is 16.7. The zero-order valence-electron chi connectivity index (χ0n) is 17.7. The lowest BCUT2D eigenvalue weighted by Crippen LogP contribution is -2.54. The first kappa shape index (κ1) is 23.6. The van der Waals surface area contributed by atoms with Crippen molar-refractivity contribution in [3.05, 3.63) is 104 Å². The summed E-state index contributed by atoms with van der Waals surface area (Å²) < 4.78 is 18.9. The van der Waals surface area contributed by atoms with Crippen LogP contribution in [0.25, 0.3) is 6.08 Å². The summed E-state index contributed by atoms with van der Waals surface area (Å²) in [5.74, 6) is -1.98. The highest BCUT2D eigenvalue weighted by Crippen LogP contribution is 2.29. The summed E-state index contributed by atoms with van der Waals surface area (Å²) in [5.41, 5.74) is 0.188. The lowest BCUT2D eigenvalue weighted by atomic mass is 10.1. The Bertz CT molecular complexity index is 1410. The minimum atomic E-state index is -1.03. The number of urea groups is 1. The second kappa shape index (κ2) is 9.74. The van der Waals surface area contributed by atoms with E-state index in [1.54, 1.807) is 12.1 Å². The number of anilines is 1. The Morgan fingerprint density at radius 3 is 2.54 bits per heavy atom. The van der Waals surface area contributed by atoms with E-state index in [1.165, 1.54) is 54.6 Å². The van der Waals surface area contributed by atoms with Crippen LogP contribution in [0.15, 0.2) is 72.3 Å². The van der Waals surface area contributed by atoms with Crippen molar-refractivity contribution < 1.29 is 28.4 Å². The number of benzene rings is 3. The van der Waals surface area contributed by atoms with Gasteiger partial charge < -0.3 is 4.74 Å². The molecular weight excluding hydrogens is 481 g/mol. The van der Waals surface area contributed by atoms with Crippen molar-refractivity contribution >= 4 is 46.9 Å². The predicted molar refractivity (Wildman–Crippen MR) is 124 cm³/mol. The Labute approximate surface area is 202 Å². The van der Waals surface area contributed by atoms with Crippen LogP contribution in [0.3, 0.4) is 0 Å². The van der Waals surface area contributed by atoms with Crippen LogP contribution in [-0.4, -0.2) is 22.8 Å². The number of hydrogen-bond acceptors (Lipinski definition) is 6. The topological polar surface area (TPSA) is 119 Å². The number of carbonyl (C=O) groups is 3. The number of amides is 4. The van der Waals surface area contributed by atoms with Crippen molar-refractivity contribution in [3.63, 3.8) is 0 Å². The maximum Gasteiger partial charge on any atom is 0.335 e. The van der Waals surface area contributed by atoms with Crippen molar-refractivity contribution in [2.75, 3.05) is 4.90 Å². The minimum Gasteiger partial charge on any atom is -0.487 e. The van der Waals surface area contributed by atoms with Crippen LogP contribution in [0.2, 0.25) is 5.02 Å². The molecule has 35 heavy (non-hydrogen) atoms. The highest BCUT2D eigenvalue weighted by molar-refractivity contribution is 6.39. The molecule has 1 saturated heterocycles. The molecule has 0 saturated carbocycles. The summed E-state index contributed by atoms with van der Waals surface area (Å²) in [4.78, 5) is 48.7. The molecule has 176 valence electrons. The molecule has 1 aliphatic rings. The number of ether oxygens (including phenoxy) is 1. The smallest absolute Gasteiger partial charge is 0.335 e. The number of nitrogens with zero attached hydrogens (tertiary/aromatic N) is 2. The Kier molecular flexibility index (Phi) is 6.56. The van der Waals surface area contributed by atoms with E-state index in [9.17, 15) is 28.9 Å². The molecule has 1 N–H and O–H groups in total. The van der Waals surface area contributed by atoms with Crippen LogP contribution in [0, 0.1) is 15.9 Å². The maximum absolute atomic E-state index is 13.3. The van der Waals surface area contributed by atoms with Gasteiger partial charge in [0.25, 0.3) is 17.5 Å². The third kappa shape index (κ3) is 5.17. The fourth-order valence-electron chi connectivity index (χ4n) is 3.32. The summed E-state index contributed by atoms with van der Waals surface area (Å²) in [7, 11) is 0. The predicted octanol–water partition coefficient (Wildman–Crippen LogP) is 4.63. The van der Waals surface area contributed by atoms with Gasteiger partial charge in [-0.1, -0.05) is 35.9 Å². The monoisotopic (exact) mass is 495 g/mol. The van der Waals surface area contributed by atoms with Crippen LogP contribution < -0.4 is 15.0 Å². The molecule has 4 amide bonds. The normalized spacial score (nSPS) is 14.7. The lowest BCUT2D eigenvalue weighted by molar-refractivity contribution is -0.384. The Balaban J connectivity index is 1.58. The molecular formula is C24H15ClFN3O6. The number of carbonyl (C=O) groups excluding carboxylic acids is 3. The lowest BCUT2D eigenvalue weighted by Gasteiger charge is -2.26. The fourth-order valence-corrected chi connectivity index (χ4v) is 3.56. The van der Waals surface area contributed by atoms with E-state index >= 15 is 0 Å². The van der Waals surface area contributed by atoms with E-state index < -0.39 is 28.6 Å². The molecule has 0 aromatic heterocycles. The Morgan fingerprint density at radius 1 is 1.06 bits per heavy atom. The zero-order chi connectivity index (χ0) is 25.1. The number of barbiturate groups is 1. The number of halogens is 2. The van der Waals surface area contributed by atoms with Crippen molar-refractivity contribution in [2.45, 2.75) is 6.61 Å². The Hall–Kier alpha value is -4.57. The molecule has 11 heteroatoms. The van der Waals surface area contributed by atoms with Crippen LogP contribution >= 0.6 is 11.6 Å². The van der Waals surface area contributed by atoms with Crippen LogP contribution in [-0.2, 0) is 16.2 Å². The summed E-state index contributed by atoms with van der Waals surface area (Å²) >= 11 is 6.27. The second-order valence-electron chi connectivity index (χ2n) is 7.34. The molecule has 1 heterocycles. The summed E-state index contributed by atoms with van der Waals surface area (Å²) in [6.45, 7) is 0.0685. The molecule has 0 bridgehead atoms. The Morgan fingerprint density at radius 2 is 1.83 bits per heavy atom. The second-order valence-corrected chi connectivity index (χ2v) is 7.75. The van der Waals surface area contributed by atoms with E-state index in [0.29, 0.717) is 21.8 Å². The molecule has 9 nitrogen and oxygen atoms in total. The number of nitro benzene ring substituents is 1. The van der Waals surface area contributed by atoms with Gasteiger partial charge in [-0.3, -0.25) is 25.0 Å². The van der Waals surface area contributed by atoms with Crippen molar-refractivity contribution in [1.82, 2.24) is 5.32 Å². The molecule has 0 spiro atoms. The van der Waals surface area contributed by atoms with Crippen molar-refractivity contribution in [2.24, 2.45) is 0 Å². The number of nitro groups is 1. The van der Waals surface area contributed by atoms with E-state index in [2.05, 4.69) is 0 Å². The molecule has 1 aliphatic heterocycles. The molecule has 0 radical (unpaired) electrons. The summed E-state index contributed by atoms with van der Waals surface area (Å²) in [6.07, 6.45) is 1.23. The number of non-ortho nitro benzene ring substituents is 1. The number of nitrogens with one attached hydrogen (secondary N) is 1. The van der Waals surface area contributed by atoms with Gasteiger partial charge in [0.2, 0.25) is 0 Å². The standard InChI is InChI=1S/C24H15ClFN3O6/c25-20-11-14(7-8-21(20)35-13-15-3-1-4-16(26)9-15)10-19-22(30)27-24(32)28(23(19)31)17-5-2-6-18(12-17)29(33)34/h1-12H,13H2,(H,27,30,32). The molecule has 3 aromatic rings. The van der Waals surface area contributed by atoms with E-state index in [4.69, 9.17) is 16.3 Å². The number of hydrogen-bond donors (Lipinski definition) is 1. The average molecular weight is 496 g/mol. The quantitative estimate of drug-likeness (QED) is 0.230. The molecule has 0 atom stereocenters. The molecule has 0 unspecified atom stereocenters. The molecule has 3 aromatic carbocycles. The van der Waals surface area contributed by atoms with Gasteiger partial charge in [0.15, 0.2) is 0 Å². The van der Waals surface area contributed by atoms with E-state index in [-0.39, 0.29) is 28.6 Å². The van der Waals surface area contributed by atoms with E-state index in [1.807, 2.05) is 5.32 Å².